The second kappa shape index (κ2) is 7.23. The Balaban J connectivity index is 1.77. The lowest BCUT2D eigenvalue weighted by Gasteiger charge is -2.21. The van der Waals surface area contributed by atoms with Gasteiger partial charge in [0.25, 0.3) is 0 Å². The number of hydrogen-bond acceptors (Lipinski definition) is 5. The third-order valence-electron chi connectivity index (χ3n) is 5.10. The van der Waals surface area contributed by atoms with Crippen LogP contribution in [0.15, 0.2) is 18.6 Å². The predicted molar refractivity (Wildman–Crippen MR) is 106 cm³/mol. The predicted octanol–water partition coefficient (Wildman–Crippen LogP) is 4.08. The molecule has 1 fully saturated rings. The maximum absolute atomic E-state index is 9.27. The molecular weight excluding hydrogens is 443 g/mol. The van der Waals surface area contributed by atoms with Crippen LogP contribution in [-0.4, -0.2) is 31.8 Å². The second-order valence-corrected chi connectivity index (χ2v) is 7.76. The molecular formula is C18H19IN6O. The van der Waals surface area contributed by atoms with Gasteiger partial charge in [-0.3, -0.25) is 4.68 Å². The smallest absolute Gasteiger partial charge is 0.318 e. The molecule has 134 valence electrons. The average molecular weight is 462 g/mol. The summed E-state index contributed by atoms with van der Waals surface area (Å²) < 4.78 is 8.25. The Labute approximate surface area is 164 Å². The quantitative estimate of drug-likeness (QED) is 0.577. The molecule has 0 spiro atoms. The van der Waals surface area contributed by atoms with E-state index in [1.54, 1.807) is 7.11 Å². The normalized spacial score (nSPS) is 16.0. The summed E-state index contributed by atoms with van der Waals surface area (Å²) >= 11 is 2.27. The van der Waals surface area contributed by atoms with Gasteiger partial charge in [-0.25, -0.2) is 0 Å². The highest BCUT2D eigenvalue weighted by molar-refractivity contribution is 14.1. The average Bonchev–Trinajstić information content (AvgIpc) is 3.40. The van der Waals surface area contributed by atoms with Crippen LogP contribution in [0.3, 0.4) is 0 Å². The van der Waals surface area contributed by atoms with E-state index in [1.807, 2.05) is 23.3 Å². The third-order valence-corrected chi connectivity index (χ3v) is 5.96. The van der Waals surface area contributed by atoms with Gasteiger partial charge in [-0.2, -0.15) is 20.3 Å². The maximum Gasteiger partial charge on any atom is 0.318 e. The molecule has 1 aliphatic rings. The van der Waals surface area contributed by atoms with Crippen LogP contribution in [-0.2, 0) is 0 Å². The van der Waals surface area contributed by atoms with Gasteiger partial charge in [-0.15, -0.1) is 0 Å². The van der Waals surface area contributed by atoms with Gasteiger partial charge in [0.15, 0.2) is 0 Å². The zero-order chi connectivity index (χ0) is 18.1. The Morgan fingerprint density at radius 2 is 2.23 bits per heavy atom. The number of fused-ring (bicyclic) bond motifs is 1. The number of aromatic amines is 1. The van der Waals surface area contributed by atoms with Gasteiger partial charge in [0.05, 0.1) is 42.9 Å². The molecule has 8 heteroatoms. The lowest BCUT2D eigenvalue weighted by Crippen LogP contribution is -2.17. The molecule has 3 aromatic heterocycles. The number of aromatic nitrogens is 5. The van der Waals surface area contributed by atoms with Crippen molar-refractivity contribution in [3.05, 3.63) is 22.2 Å². The van der Waals surface area contributed by atoms with E-state index in [1.165, 1.54) is 25.7 Å². The van der Waals surface area contributed by atoms with Crippen LogP contribution in [0.2, 0.25) is 0 Å². The first-order valence-electron chi connectivity index (χ1n) is 8.71. The van der Waals surface area contributed by atoms with Crippen molar-refractivity contribution in [2.24, 2.45) is 5.92 Å². The van der Waals surface area contributed by atoms with E-state index >= 15 is 0 Å². The number of hydrogen-bond donors (Lipinski definition) is 1. The molecule has 4 rings (SSSR count). The minimum Gasteiger partial charge on any atom is -0.467 e. The molecule has 1 N–H and O–H groups in total. The van der Waals surface area contributed by atoms with Crippen molar-refractivity contribution in [1.82, 2.24) is 24.7 Å². The standard InChI is InChI=1S/C18H19IN6O/c1-26-18-23-16(15-13(19)9-21-17(15)24-18)12-8-22-25(10-12)14(6-7-20)11-4-2-3-5-11/h8-11,14H,2-6H2,1H3,(H,21,23,24)/t14-/m1/s1. The highest BCUT2D eigenvalue weighted by atomic mass is 127. The molecule has 1 saturated carbocycles. The highest BCUT2D eigenvalue weighted by Gasteiger charge is 2.27. The number of rotatable bonds is 5. The molecule has 0 amide bonds. The van der Waals surface area contributed by atoms with Crippen molar-refractivity contribution in [1.29, 1.82) is 5.26 Å². The van der Waals surface area contributed by atoms with Crippen LogP contribution in [0, 0.1) is 20.8 Å². The highest BCUT2D eigenvalue weighted by Crippen LogP contribution is 2.37. The Bertz CT molecular complexity index is 966. The summed E-state index contributed by atoms with van der Waals surface area (Å²) in [6.07, 6.45) is 11.0. The number of halogens is 1. The van der Waals surface area contributed by atoms with Crippen molar-refractivity contribution >= 4 is 33.6 Å². The van der Waals surface area contributed by atoms with Crippen molar-refractivity contribution in [2.45, 2.75) is 38.1 Å². The molecule has 1 aliphatic carbocycles. The molecule has 0 radical (unpaired) electrons. The van der Waals surface area contributed by atoms with E-state index in [2.05, 4.69) is 48.7 Å². The van der Waals surface area contributed by atoms with Crippen molar-refractivity contribution in [2.75, 3.05) is 7.11 Å². The Morgan fingerprint density at radius 3 is 2.96 bits per heavy atom. The second-order valence-electron chi connectivity index (χ2n) is 6.60. The number of ether oxygens (including phenoxy) is 1. The first-order chi connectivity index (χ1) is 12.7. The van der Waals surface area contributed by atoms with Gasteiger partial charge in [0, 0.05) is 21.5 Å². The summed E-state index contributed by atoms with van der Waals surface area (Å²) in [5, 5.41) is 14.8. The van der Waals surface area contributed by atoms with Gasteiger partial charge < -0.3 is 9.72 Å². The molecule has 3 aromatic rings. The molecule has 0 saturated heterocycles. The first-order valence-corrected chi connectivity index (χ1v) is 9.79. The molecule has 0 aliphatic heterocycles. The summed E-state index contributed by atoms with van der Waals surface area (Å²) in [5.41, 5.74) is 2.45. The minimum atomic E-state index is 0.126. The van der Waals surface area contributed by atoms with Crippen LogP contribution in [0.25, 0.3) is 22.3 Å². The van der Waals surface area contributed by atoms with Crippen LogP contribution in [0.5, 0.6) is 6.01 Å². The number of methoxy groups -OCH3 is 1. The molecule has 0 aromatic carbocycles. The van der Waals surface area contributed by atoms with E-state index in [9.17, 15) is 5.26 Å². The zero-order valence-corrected chi connectivity index (χ0v) is 16.6. The third kappa shape index (κ3) is 3.05. The lowest BCUT2D eigenvalue weighted by molar-refractivity contribution is 0.315. The van der Waals surface area contributed by atoms with Crippen molar-refractivity contribution in [3.8, 4) is 23.3 Å². The minimum absolute atomic E-state index is 0.126. The molecule has 7 nitrogen and oxygen atoms in total. The number of nitrogens with zero attached hydrogens (tertiary/aromatic N) is 5. The molecule has 1 atom stereocenters. The van der Waals surface area contributed by atoms with Crippen LogP contribution < -0.4 is 4.74 Å². The van der Waals surface area contributed by atoms with E-state index in [4.69, 9.17) is 4.74 Å². The Kier molecular flexibility index (Phi) is 4.80. The Hall–Kier alpha value is -2.15. The summed E-state index contributed by atoms with van der Waals surface area (Å²) in [6.45, 7) is 0. The fourth-order valence-electron chi connectivity index (χ4n) is 3.83. The van der Waals surface area contributed by atoms with Crippen LogP contribution in [0.4, 0.5) is 0 Å². The van der Waals surface area contributed by atoms with E-state index in [0.717, 1.165) is 25.9 Å². The summed E-state index contributed by atoms with van der Waals surface area (Å²) in [7, 11) is 1.56. The molecule has 3 heterocycles. The number of H-pyrrole nitrogens is 1. The van der Waals surface area contributed by atoms with E-state index in [-0.39, 0.29) is 6.04 Å². The fraction of sp³-hybridized carbons (Fsp3) is 0.444. The fourth-order valence-corrected chi connectivity index (χ4v) is 4.50. The lowest BCUT2D eigenvalue weighted by atomic mass is 9.96. The summed E-state index contributed by atoms with van der Waals surface area (Å²) in [4.78, 5) is 12.1. The summed E-state index contributed by atoms with van der Waals surface area (Å²) in [6, 6.07) is 2.78. The van der Waals surface area contributed by atoms with Crippen molar-refractivity contribution < 1.29 is 4.74 Å². The van der Waals surface area contributed by atoms with Gasteiger partial charge in [-0.05, 0) is 41.4 Å². The van der Waals surface area contributed by atoms with E-state index < -0.39 is 0 Å². The van der Waals surface area contributed by atoms with Gasteiger partial charge in [0.1, 0.15) is 5.65 Å². The largest absolute Gasteiger partial charge is 0.467 e. The molecule has 26 heavy (non-hydrogen) atoms. The van der Waals surface area contributed by atoms with Crippen LogP contribution in [0.1, 0.15) is 38.1 Å². The van der Waals surface area contributed by atoms with Gasteiger partial charge in [-0.1, -0.05) is 12.8 Å². The Morgan fingerprint density at radius 1 is 1.42 bits per heavy atom. The van der Waals surface area contributed by atoms with Crippen molar-refractivity contribution in [3.63, 3.8) is 0 Å². The van der Waals surface area contributed by atoms with Gasteiger partial charge in [0.2, 0.25) is 0 Å². The summed E-state index contributed by atoms with van der Waals surface area (Å²) in [5.74, 6) is 0.523. The number of nitrogens with one attached hydrogen (secondary N) is 1. The topological polar surface area (TPSA) is 92.4 Å². The number of nitriles is 1. The molecule has 0 bridgehead atoms. The van der Waals surface area contributed by atoms with Gasteiger partial charge >= 0.3 is 6.01 Å². The maximum atomic E-state index is 9.27. The molecule has 0 unspecified atom stereocenters. The monoisotopic (exact) mass is 462 g/mol. The first kappa shape index (κ1) is 17.3. The van der Waals surface area contributed by atoms with E-state index in [0.29, 0.717) is 18.3 Å². The van der Waals surface area contributed by atoms with Crippen LogP contribution >= 0.6 is 22.6 Å². The zero-order valence-electron chi connectivity index (χ0n) is 14.4. The SMILES string of the molecule is COc1nc(-c2cnn([C@H](CC#N)C3CCCC3)c2)c2c(I)c[nH]c2n1.